The summed E-state index contributed by atoms with van der Waals surface area (Å²) in [5.74, 6) is -1.05. The van der Waals surface area contributed by atoms with Crippen molar-refractivity contribution in [1.82, 2.24) is 0 Å². The zero-order valence-electron chi connectivity index (χ0n) is 13.5. The lowest BCUT2D eigenvalue weighted by Gasteiger charge is -2.31. The lowest BCUT2D eigenvalue weighted by atomic mass is 10.1. The maximum atomic E-state index is 11.0. The number of carbonyl (C=O) groups excluding carboxylic acids is 1. The highest BCUT2D eigenvalue weighted by Gasteiger charge is 2.34. The Labute approximate surface area is 139 Å². The SMILES string of the molecule is CNc1cc(COC(C)=O)ccc1O[C@H]1C[C@@H](O)C[C@@H](C(=O)O)O1. The second kappa shape index (κ2) is 7.98. The van der Waals surface area contributed by atoms with Crippen molar-refractivity contribution in [1.29, 1.82) is 0 Å². The summed E-state index contributed by atoms with van der Waals surface area (Å²) in [6.07, 6.45) is -2.54. The maximum absolute atomic E-state index is 11.0. The van der Waals surface area contributed by atoms with E-state index >= 15 is 0 Å². The number of benzene rings is 1. The predicted octanol–water partition coefficient (Wildman–Crippen LogP) is 1.12. The molecule has 1 fully saturated rings. The van der Waals surface area contributed by atoms with Gasteiger partial charge in [0.2, 0.25) is 6.29 Å². The van der Waals surface area contributed by atoms with Crippen LogP contribution in [0.1, 0.15) is 25.3 Å². The molecule has 1 saturated heterocycles. The van der Waals surface area contributed by atoms with Crippen LogP contribution in [0.2, 0.25) is 0 Å². The largest absolute Gasteiger partial charge is 0.479 e. The van der Waals surface area contributed by atoms with Crippen molar-refractivity contribution in [3.05, 3.63) is 23.8 Å². The van der Waals surface area contributed by atoms with Crippen LogP contribution in [0.5, 0.6) is 5.75 Å². The van der Waals surface area contributed by atoms with E-state index in [1.165, 1.54) is 6.92 Å². The molecule has 3 atom stereocenters. The van der Waals surface area contributed by atoms with Gasteiger partial charge in [-0.25, -0.2) is 4.79 Å². The molecule has 0 saturated carbocycles. The summed E-state index contributed by atoms with van der Waals surface area (Å²) in [6.45, 7) is 1.48. The van der Waals surface area contributed by atoms with Crippen molar-refractivity contribution < 1.29 is 34.0 Å². The Hall–Kier alpha value is -2.32. The van der Waals surface area contributed by atoms with Gasteiger partial charge in [0.05, 0.1) is 11.8 Å². The van der Waals surface area contributed by atoms with Gasteiger partial charge in [-0.1, -0.05) is 6.07 Å². The molecule has 0 aromatic heterocycles. The summed E-state index contributed by atoms with van der Waals surface area (Å²) in [5, 5.41) is 21.8. The van der Waals surface area contributed by atoms with Gasteiger partial charge >= 0.3 is 11.9 Å². The van der Waals surface area contributed by atoms with Crippen LogP contribution in [0.25, 0.3) is 0 Å². The number of aliphatic hydroxyl groups excluding tert-OH is 1. The van der Waals surface area contributed by atoms with Gasteiger partial charge in [-0.15, -0.1) is 0 Å². The van der Waals surface area contributed by atoms with Crippen molar-refractivity contribution in [3.63, 3.8) is 0 Å². The van der Waals surface area contributed by atoms with E-state index in [1.807, 2.05) is 0 Å². The average Bonchev–Trinajstić information content (AvgIpc) is 2.53. The van der Waals surface area contributed by atoms with E-state index in [0.717, 1.165) is 5.56 Å². The summed E-state index contributed by atoms with van der Waals surface area (Å²) in [4.78, 5) is 21.9. The molecule has 1 aliphatic heterocycles. The minimum absolute atomic E-state index is 0.0371. The fraction of sp³-hybridized carbons (Fsp3) is 0.500. The third-order valence-electron chi connectivity index (χ3n) is 3.56. The summed E-state index contributed by atoms with van der Waals surface area (Å²) in [5.41, 5.74) is 1.41. The third-order valence-corrected chi connectivity index (χ3v) is 3.56. The Morgan fingerprint density at radius 3 is 2.75 bits per heavy atom. The number of nitrogens with one attached hydrogen (secondary N) is 1. The average molecular weight is 339 g/mol. The lowest BCUT2D eigenvalue weighted by molar-refractivity contribution is -0.195. The molecule has 2 rings (SSSR count). The van der Waals surface area contributed by atoms with E-state index in [-0.39, 0.29) is 25.4 Å². The molecule has 8 nitrogen and oxygen atoms in total. The van der Waals surface area contributed by atoms with E-state index in [4.69, 9.17) is 19.3 Å². The van der Waals surface area contributed by atoms with Crippen molar-refractivity contribution in [2.24, 2.45) is 0 Å². The number of carboxylic acid groups (broad SMARTS) is 1. The third kappa shape index (κ3) is 4.84. The van der Waals surface area contributed by atoms with Gasteiger partial charge in [-0.3, -0.25) is 4.79 Å². The summed E-state index contributed by atoms with van der Waals surface area (Å²) in [6, 6.07) is 5.16. The maximum Gasteiger partial charge on any atom is 0.333 e. The van der Waals surface area contributed by atoms with Crippen molar-refractivity contribution in [2.75, 3.05) is 12.4 Å². The Balaban J connectivity index is 2.08. The molecule has 0 unspecified atom stereocenters. The van der Waals surface area contributed by atoms with E-state index in [1.54, 1.807) is 25.2 Å². The molecule has 1 heterocycles. The smallest absolute Gasteiger partial charge is 0.333 e. The molecule has 132 valence electrons. The van der Waals surface area contributed by atoms with Gasteiger partial charge in [-0.2, -0.15) is 0 Å². The molecule has 0 amide bonds. The standard InChI is InChI=1S/C16H21NO7/c1-9(18)22-8-10-3-4-13(12(5-10)17-2)23-15-7-11(19)6-14(24-15)16(20)21/h3-5,11,14-15,17,19H,6-8H2,1-2H3,(H,20,21)/t11-,14-,15+/m0/s1. The normalized spacial score (nSPS) is 23.4. The molecule has 0 radical (unpaired) electrons. The van der Waals surface area contributed by atoms with Crippen LogP contribution in [0.4, 0.5) is 5.69 Å². The van der Waals surface area contributed by atoms with Crippen LogP contribution in [-0.2, 0) is 25.7 Å². The first-order valence-corrected chi connectivity index (χ1v) is 7.56. The predicted molar refractivity (Wildman–Crippen MR) is 83.6 cm³/mol. The molecule has 0 spiro atoms. The van der Waals surface area contributed by atoms with E-state index < -0.39 is 24.5 Å². The summed E-state index contributed by atoms with van der Waals surface area (Å²) >= 11 is 0. The zero-order chi connectivity index (χ0) is 17.7. The fourth-order valence-corrected chi connectivity index (χ4v) is 2.39. The molecule has 1 aliphatic rings. The van der Waals surface area contributed by atoms with Crippen LogP contribution in [0.15, 0.2) is 18.2 Å². The second-order valence-corrected chi connectivity index (χ2v) is 5.50. The van der Waals surface area contributed by atoms with Gasteiger partial charge in [0.15, 0.2) is 6.10 Å². The molecule has 0 aliphatic carbocycles. The first-order valence-electron chi connectivity index (χ1n) is 7.56. The number of anilines is 1. The zero-order valence-corrected chi connectivity index (χ0v) is 13.5. The number of aliphatic carboxylic acids is 1. The quantitative estimate of drug-likeness (QED) is 0.661. The van der Waals surface area contributed by atoms with Gasteiger partial charge in [-0.05, 0) is 17.7 Å². The van der Waals surface area contributed by atoms with Gasteiger partial charge in [0, 0.05) is 26.8 Å². The molecular weight excluding hydrogens is 318 g/mol. The Kier molecular flexibility index (Phi) is 5.99. The Morgan fingerprint density at radius 2 is 2.12 bits per heavy atom. The van der Waals surface area contributed by atoms with E-state index in [2.05, 4.69) is 5.32 Å². The van der Waals surface area contributed by atoms with E-state index in [0.29, 0.717) is 11.4 Å². The highest BCUT2D eigenvalue weighted by molar-refractivity contribution is 5.72. The van der Waals surface area contributed by atoms with E-state index in [9.17, 15) is 14.7 Å². The highest BCUT2D eigenvalue weighted by Crippen LogP contribution is 2.30. The number of aliphatic hydroxyl groups is 1. The van der Waals surface area contributed by atoms with Crippen LogP contribution < -0.4 is 10.1 Å². The number of hydrogen-bond acceptors (Lipinski definition) is 7. The molecule has 1 aromatic rings. The molecule has 0 bridgehead atoms. The molecule has 8 heteroatoms. The first-order chi connectivity index (χ1) is 11.4. The highest BCUT2D eigenvalue weighted by atomic mass is 16.7. The molecular formula is C16H21NO7. The van der Waals surface area contributed by atoms with Crippen LogP contribution >= 0.6 is 0 Å². The molecule has 24 heavy (non-hydrogen) atoms. The van der Waals surface area contributed by atoms with Crippen LogP contribution in [-0.4, -0.2) is 47.7 Å². The minimum atomic E-state index is -1.13. The summed E-state index contributed by atoms with van der Waals surface area (Å²) < 4.78 is 16.0. The number of hydrogen-bond donors (Lipinski definition) is 3. The number of carboxylic acids is 1. The Bertz CT molecular complexity index is 604. The fourth-order valence-electron chi connectivity index (χ4n) is 2.39. The van der Waals surface area contributed by atoms with Gasteiger partial charge in [0.1, 0.15) is 12.4 Å². The molecule has 1 aromatic carbocycles. The number of rotatable bonds is 6. The second-order valence-electron chi connectivity index (χ2n) is 5.50. The number of ether oxygens (including phenoxy) is 3. The first kappa shape index (κ1) is 18.0. The van der Waals surface area contributed by atoms with Crippen molar-refractivity contribution in [3.8, 4) is 5.75 Å². The number of esters is 1. The summed E-state index contributed by atoms with van der Waals surface area (Å²) in [7, 11) is 1.70. The Morgan fingerprint density at radius 1 is 1.38 bits per heavy atom. The lowest BCUT2D eigenvalue weighted by Crippen LogP contribution is -2.42. The topological polar surface area (TPSA) is 114 Å². The van der Waals surface area contributed by atoms with Crippen molar-refractivity contribution >= 4 is 17.6 Å². The molecule has 3 N–H and O–H groups in total. The van der Waals surface area contributed by atoms with Crippen LogP contribution in [0.3, 0.4) is 0 Å². The van der Waals surface area contributed by atoms with Crippen molar-refractivity contribution in [2.45, 2.75) is 44.9 Å². The number of carbonyl (C=O) groups is 2. The minimum Gasteiger partial charge on any atom is -0.479 e. The van der Waals surface area contributed by atoms with Gasteiger partial charge in [0.25, 0.3) is 0 Å². The van der Waals surface area contributed by atoms with Gasteiger partial charge < -0.3 is 29.7 Å². The van der Waals surface area contributed by atoms with Crippen LogP contribution in [0, 0.1) is 0 Å². The monoisotopic (exact) mass is 339 g/mol.